The zero-order valence-corrected chi connectivity index (χ0v) is 10.5. The molecule has 0 saturated carbocycles. The number of aldehydes is 1. The van der Waals surface area contributed by atoms with E-state index < -0.39 is 0 Å². The topological polar surface area (TPSA) is 42.9 Å². The molecule has 0 aliphatic rings. The molecule has 1 aromatic carbocycles. The lowest BCUT2D eigenvalue weighted by atomic mass is 10.1. The molecule has 0 amide bonds. The smallest absolute Gasteiger partial charge is 0.192 e. The normalized spacial score (nSPS) is 10.2. The molecule has 3 nitrogen and oxygen atoms in total. The SMILES string of the molecule is Cc1ccc(Sc2ncc(C=O)cn2)cc1C. The maximum Gasteiger partial charge on any atom is 0.192 e. The van der Waals surface area contributed by atoms with Crippen LogP contribution in [0, 0.1) is 13.8 Å². The summed E-state index contributed by atoms with van der Waals surface area (Å²) in [5.74, 6) is 0. The second kappa shape index (κ2) is 5.10. The van der Waals surface area contributed by atoms with E-state index in [4.69, 9.17) is 0 Å². The number of rotatable bonds is 3. The molecule has 0 unspecified atom stereocenters. The van der Waals surface area contributed by atoms with Gasteiger partial charge in [0, 0.05) is 17.3 Å². The van der Waals surface area contributed by atoms with Crippen molar-refractivity contribution in [2.24, 2.45) is 0 Å². The minimum atomic E-state index is 0.495. The van der Waals surface area contributed by atoms with Gasteiger partial charge in [-0.2, -0.15) is 0 Å². The standard InChI is InChI=1S/C13H12N2OS/c1-9-3-4-12(5-10(9)2)17-13-14-6-11(8-16)7-15-13/h3-8H,1-2H3. The summed E-state index contributed by atoms with van der Waals surface area (Å²) in [4.78, 5) is 19.8. The Labute approximate surface area is 104 Å². The number of hydrogen-bond acceptors (Lipinski definition) is 4. The molecular weight excluding hydrogens is 232 g/mol. The van der Waals surface area contributed by atoms with Gasteiger partial charge in [-0.05, 0) is 48.9 Å². The van der Waals surface area contributed by atoms with E-state index in [9.17, 15) is 4.79 Å². The molecule has 2 aromatic rings. The summed E-state index contributed by atoms with van der Waals surface area (Å²) < 4.78 is 0. The van der Waals surface area contributed by atoms with Crippen molar-refractivity contribution in [3.05, 3.63) is 47.3 Å². The van der Waals surface area contributed by atoms with Crippen LogP contribution in [0.4, 0.5) is 0 Å². The first-order chi connectivity index (χ1) is 8.19. The molecule has 1 aromatic heterocycles. The Balaban J connectivity index is 2.19. The molecule has 0 spiro atoms. The van der Waals surface area contributed by atoms with Crippen LogP contribution in [0.5, 0.6) is 0 Å². The van der Waals surface area contributed by atoms with Gasteiger partial charge in [0.05, 0.1) is 5.56 Å². The van der Waals surface area contributed by atoms with Crippen molar-refractivity contribution in [2.45, 2.75) is 23.9 Å². The number of carbonyl (C=O) groups excluding carboxylic acids is 1. The van der Waals surface area contributed by atoms with E-state index in [1.807, 2.05) is 6.07 Å². The lowest BCUT2D eigenvalue weighted by Gasteiger charge is -2.03. The van der Waals surface area contributed by atoms with Gasteiger partial charge in [0.1, 0.15) is 0 Å². The van der Waals surface area contributed by atoms with Crippen LogP contribution in [0.2, 0.25) is 0 Å². The van der Waals surface area contributed by atoms with Crippen molar-refractivity contribution in [3.8, 4) is 0 Å². The van der Waals surface area contributed by atoms with Crippen molar-refractivity contribution < 1.29 is 4.79 Å². The van der Waals surface area contributed by atoms with E-state index in [0.29, 0.717) is 10.7 Å². The molecule has 0 radical (unpaired) electrons. The molecule has 4 heteroatoms. The quantitative estimate of drug-likeness (QED) is 0.614. The van der Waals surface area contributed by atoms with Crippen LogP contribution in [0.15, 0.2) is 40.6 Å². The number of aromatic nitrogens is 2. The van der Waals surface area contributed by atoms with E-state index >= 15 is 0 Å². The third-order valence-electron chi connectivity index (χ3n) is 2.47. The molecule has 0 atom stereocenters. The summed E-state index contributed by atoms with van der Waals surface area (Å²) in [6.07, 6.45) is 3.80. The third kappa shape index (κ3) is 2.91. The van der Waals surface area contributed by atoms with Crippen LogP contribution in [-0.2, 0) is 0 Å². The number of carbonyl (C=O) groups is 1. The highest BCUT2D eigenvalue weighted by Gasteiger charge is 2.02. The van der Waals surface area contributed by atoms with Gasteiger partial charge < -0.3 is 0 Å². The molecule has 17 heavy (non-hydrogen) atoms. The minimum absolute atomic E-state index is 0.495. The molecule has 2 rings (SSSR count). The maximum absolute atomic E-state index is 10.5. The third-order valence-corrected chi connectivity index (χ3v) is 3.35. The average molecular weight is 244 g/mol. The maximum atomic E-state index is 10.5. The molecule has 0 N–H and O–H groups in total. The fraction of sp³-hybridized carbons (Fsp3) is 0.154. The molecule has 0 aliphatic carbocycles. The van der Waals surface area contributed by atoms with E-state index in [0.717, 1.165) is 11.2 Å². The first-order valence-corrected chi connectivity index (χ1v) is 6.03. The van der Waals surface area contributed by atoms with Crippen molar-refractivity contribution >= 4 is 18.0 Å². The van der Waals surface area contributed by atoms with Gasteiger partial charge in [-0.3, -0.25) is 4.79 Å². The molecule has 1 heterocycles. The molecule has 0 bridgehead atoms. The lowest BCUT2D eigenvalue weighted by Crippen LogP contribution is -1.89. The van der Waals surface area contributed by atoms with Crippen LogP contribution < -0.4 is 0 Å². The summed E-state index contributed by atoms with van der Waals surface area (Å²) in [6.45, 7) is 4.16. The van der Waals surface area contributed by atoms with Gasteiger partial charge in [-0.15, -0.1) is 0 Å². The number of benzene rings is 1. The van der Waals surface area contributed by atoms with Crippen molar-refractivity contribution in [1.82, 2.24) is 9.97 Å². The highest BCUT2D eigenvalue weighted by Crippen LogP contribution is 2.25. The van der Waals surface area contributed by atoms with Gasteiger partial charge >= 0.3 is 0 Å². The van der Waals surface area contributed by atoms with Crippen molar-refractivity contribution in [3.63, 3.8) is 0 Å². The minimum Gasteiger partial charge on any atom is -0.298 e. The van der Waals surface area contributed by atoms with Gasteiger partial charge in [-0.25, -0.2) is 9.97 Å². The van der Waals surface area contributed by atoms with Crippen LogP contribution in [0.3, 0.4) is 0 Å². The van der Waals surface area contributed by atoms with Crippen LogP contribution in [0.1, 0.15) is 21.5 Å². The predicted molar refractivity (Wildman–Crippen MR) is 67.5 cm³/mol. The summed E-state index contributed by atoms with van der Waals surface area (Å²) in [5, 5.41) is 0.652. The van der Waals surface area contributed by atoms with E-state index in [1.54, 1.807) is 0 Å². The zero-order valence-electron chi connectivity index (χ0n) is 9.68. The van der Waals surface area contributed by atoms with Crippen LogP contribution >= 0.6 is 11.8 Å². The van der Waals surface area contributed by atoms with Gasteiger partial charge in [-0.1, -0.05) is 6.07 Å². The Hall–Kier alpha value is -1.68. The second-order valence-corrected chi connectivity index (χ2v) is 4.81. The number of hydrogen-bond donors (Lipinski definition) is 0. The Morgan fingerprint density at radius 2 is 1.82 bits per heavy atom. The lowest BCUT2D eigenvalue weighted by molar-refractivity contribution is 0.112. The average Bonchev–Trinajstić information content (AvgIpc) is 2.35. The summed E-state index contributed by atoms with van der Waals surface area (Å²) in [5.41, 5.74) is 3.01. The summed E-state index contributed by atoms with van der Waals surface area (Å²) >= 11 is 1.49. The Morgan fingerprint density at radius 1 is 1.12 bits per heavy atom. The van der Waals surface area contributed by atoms with Crippen LogP contribution in [-0.4, -0.2) is 16.3 Å². The molecule has 0 fully saturated rings. The van der Waals surface area contributed by atoms with Crippen molar-refractivity contribution in [1.29, 1.82) is 0 Å². The summed E-state index contributed by atoms with van der Waals surface area (Å²) in [7, 11) is 0. The molecular formula is C13H12N2OS. The van der Waals surface area contributed by atoms with Crippen LogP contribution in [0.25, 0.3) is 0 Å². The molecule has 0 aliphatic heterocycles. The van der Waals surface area contributed by atoms with Gasteiger partial charge in [0.15, 0.2) is 11.4 Å². The number of nitrogens with zero attached hydrogens (tertiary/aromatic N) is 2. The van der Waals surface area contributed by atoms with Gasteiger partial charge in [0.25, 0.3) is 0 Å². The zero-order chi connectivity index (χ0) is 12.3. The fourth-order valence-electron chi connectivity index (χ4n) is 1.32. The fourth-order valence-corrected chi connectivity index (χ4v) is 2.12. The Morgan fingerprint density at radius 3 is 2.41 bits per heavy atom. The predicted octanol–water partition coefficient (Wildman–Crippen LogP) is 3.06. The monoisotopic (exact) mass is 244 g/mol. The second-order valence-electron chi connectivity index (χ2n) is 3.76. The Bertz CT molecular complexity index is 538. The summed E-state index contributed by atoms with van der Waals surface area (Å²) in [6, 6.07) is 6.23. The molecule has 0 saturated heterocycles. The Kier molecular flexibility index (Phi) is 3.54. The highest BCUT2D eigenvalue weighted by atomic mass is 32.2. The molecule has 86 valence electrons. The van der Waals surface area contributed by atoms with E-state index in [1.165, 1.54) is 35.3 Å². The first kappa shape index (κ1) is 11.8. The van der Waals surface area contributed by atoms with E-state index in [-0.39, 0.29) is 0 Å². The first-order valence-electron chi connectivity index (χ1n) is 5.21. The highest BCUT2D eigenvalue weighted by molar-refractivity contribution is 7.99. The largest absolute Gasteiger partial charge is 0.298 e. The van der Waals surface area contributed by atoms with E-state index in [2.05, 4.69) is 35.9 Å². The van der Waals surface area contributed by atoms with Gasteiger partial charge in [0.2, 0.25) is 0 Å². The van der Waals surface area contributed by atoms with Crippen molar-refractivity contribution in [2.75, 3.05) is 0 Å². The number of aryl methyl sites for hydroxylation is 2.